The van der Waals surface area contributed by atoms with Crippen molar-refractivity contribution in [3.63, 3.8) is 0 Å². The summed E-state index contributed by atoms with van der Waals surface area (Å²) in [5.74, 6) is 0.239. The summed E-state index contributed by atoms with van der Waals surface area (Å²) in [6.07, 6.45) is 0. The highest BCUT2D eigenvalue weighted by atomic mass is 35.5. The van der Waals surface area contributed by atoms with E-state index in [0.717, 1.165) is 5.56 Å². The number of hydrogen-bond donors (Lipinski definition) is 0. The van der Waals surface area contributed by atoms with Crippen molar-refractivity contribution in [2.75, 3.05) is 0 Å². The van der Waals surface area contributed by atoms with Crippen LogP contribution in [-0.2, 0) is 17.2 Å². The van der Waals surface area contributed by atoms with Crippen molar-refractivity contribution in [1.82, 2.24) is 9.78 Å². The predicted octanol–water partition coefficient (Wildman–Crippen LogP) is 3.82. The summed E-state index contributed by atoms with van der Waals surface area (Å²) >= 11 is 6.06. The van der Waals surface area contributed by atoms with Crippen molar-refractivity contribution in [2.45, 2.75) is 11.8 Å². The van der Waals surface area contributed by atoms with Gasteiger partial charge in [0, 0.05) is 12.6 Å². The molecule has 0 amide bonds. The van der Waals surface area contributed by atoms with E-state index in [0.29, 0.717) is 11.3 Å². The van der Waals surface area contributed by atoms with Crippen LogP contribution in [0.4, 0.5) is 0 Å². The molecule has 0 saturated heterocycles. The van der Waals surface area contributed by atoms with Crippen molar-refractivity contribution in [3.8, 4) is 16.9 Å². The molecule has 2 aromatic carbocycles. The third-order valence-corrected chi connectivity index (χ3v) is 5.45. The fourth-order valence-corrected chi connectivity index (χ4v) is 4.11. The molecule has 0 aliphatic carbocycles. The number of aromatic nitrogens is 2. The van der Waals surface area contributed by atoms with E-state index in [9.17, 15) is 8.42 Å². The lowest BCUT2D eigenvalue weighted by Gasteiger charge is -2.11. The van der Waals surface area contributed by atoms with Crippen LogP contribution in [0, 0.1) is 6.92 Å². The Bertz CT molecular complexity index is 982. The summed E-state index contributed by atoms with van der Waals surface area (Å²) in [4.78, 5) is -0.116. The van der Waals surface area contributed by atoms with Crippen molar-refractivity contribution in [1.29, 1.82) is 0 Å². The molecule has 7 heteroatoms. The molecule has 3 rings (SSSR count). The Morgan fingerprint density at radius 2 is 1.67 bits per heavy atom. The van der Waals surface area contributed by atoms with Crippen LogP contribution in [0.5, 0.6) is 5.75 Å². The Kier molecular flexibility index (Phi) is 4.34. The van der Waals surface area contributed by atoms with Gasteiger partial charge in [0.1, 0.15) is 5.15 Å². The molecule has 3 aromatic rings. The first-order chi connectivity index (χ1) is 11.4. The second-order valence-electron chi connectivity index (χ2n) is 5.23. The topological polar surface area (TPSA) is 61.2 Å². The summed E-state index contributed by atoms with van der Waals surface area (Å²) in [5.41, 5.74) is 1.83. The van der Waals surface area contributed by atoms with Gasteiger partial charge in [0.05, 0.1) is 5.69 Å². The molecular weight excluding hydrogens is 348 g/mol. The summed E-state index contributed by atoms with van der Waals surface area (Å²) < 4.78 is 32.0. The van der Waals surface area contributed by atoms with Crippen LogP contribution in [0.3, 0.4) is 0 Å². The Balaban J connectivity index is 2.06. The van der Waals surface area contributed by atoms with Gasteiger partial charge in [0.2, 0.25) is 0 Å². The third-order valence-electron chi connectivity index (χ3n) is 3.52. The second-order valence-corrected chi connectivity index (χ2v) is 7.07. The number of benzene rings is 2. The van der Waals surface area contributed by atoms with Crippen molar-refractivity contribution < 1.29 is 12.6 Å². The van der Waals surface area contributed by atoms with Crippen LogP contribution in [0.2, 0.25) is 5.15 Å². The van der Waals surface area contributed by atoms with Gasteiger partial charge in [0.25, 0.3) is 0 Å². The average Bonchev–Trinajstić information content (AvgIpc) is 2.81. The fourth-order valence-electron chi connectivity index (χ4n) is 2.45. The van der Waals surface area contributed by atoms with Crippen LogP contribution in [0.25, 0.3) is 11.1 Å². The zero-order valence-electron chi connectivity index (χ0n) is 13.1. The van der Waals surface area contributed by atoms with Crippen molar-refractivity contribution in [2.24, 2.45) is 7.05 Å². The minimum Gasteiger partial charge on any atom is -0.378 e. The van der Waals surface area contributed by atoms with E-state index in [1.807, 2.05) is 36.4 Å². The molecule has 0 saturated carbocycles. The molecule has 0 N–H and O–H groups in total. The fraction of sp³-hybridized carbons (Fsp3) is 0.118. The van der Waals surface area contributed by atoms with Crippen LogP contribution >= 0.6 is 11.6 Å². The number of hydrogen-bond acceptors (Lipinski definition) is 4. The Hall–Kier alpha value is -2.31. The first-order valence-electron chi connectivity index (χ1n) is 7.18. The average molecular weight is 363 g/mol. The molecule has 5 nitrogen and oxygen atoms in total. The molecule has 1 heterocycles. The number of nitrogens with zero attached hydrogens (tertiary/aromatic N) is 2. The van der Waals surface area contributed by atoms with E-state index in [2.05, 4.69) is 5.10 Å². The minimum absolute atomic E-state index is 0.0182. The van der Waals surface area contributed by atoms with E-state index < -0.39 is 10.1 Å². The van der Waals surface area contributed by atoms with Gasteiger partial charge in [-0.2, -0.15) is 13.5 Å². The van der Waals surface area contributed by atoms with E-state index in [4.69, 9.17) is 15.8 Å². The standard InChI is InChI=1S/C17H15ClN2O3S/c1-12-16(17(18)20(2)19-12)24(21,22)23-15-11-7-6-10-14(15)13-8-4-3-5-9-13/h3-11H,1-2H3. The largest absolute Gasteiger partial charge is 0.378 e. The van der Waals surface area contributed by atoms with Crippen molar-refractivity contribution >= 4 is 21.7 Å². The summed E-state index contributed by atoms with van der Waals surface area (Å²) in [7, 11) is -2.52. The lowest BCUT2D eigenvalue weighted by Crippen LogP contribution is -2.11. The monoisotopic (exact) mass is 362 g/mol. The Labute approximate surface area is 145 Å². The molecule has 0 bridgehead atoms. The molecular formula is C17H15ClN2O3S. The van der Waals surface area contributed by atoms with Gasteiger partial charge in [-0.1, -0.05) is 60.1 Å². The Morgan fingerprint density at radius 3 is 2.29 bits per heavy atom. The maximum Gasteiger partial charge on any atom is 0.344 e. The van der Waals surface area contributed by atoms with Gasteiger partial charge in [-0.3, -0.25) is 4.68 Å². The highest BCUT2D eigenvalue weighted by molar-refractivity contribution is 7.87. The zero-order chi connectivity index (χ0) is 17.3. The molecule has 0 radical (unpaired) electrons. The Morgan fingerprint density at radius 1 is 1.04 bits per heavy atom. The van der Waals surface area contributed by atoms with E-state index in [-0.39, 0.29) is 15.8 Å². The van der Waals surface area contributed by atoms with Crippen LogP contribution in [0.1, 0.15) is 5.69 Å². The van der Waals surface area contributed by atoms with E-state index in [1.165, 1.54) is 4.68 Å². The minimum atomic E-state index is -4.10. The summed E-state index contributed by atoms with van der Waals surface area (Å²) in [6.45, 7) is 1.57. The number of aryl methyl sites for hydroxylation is 2. The molecule has 0 aliphatic heterocycles. The van der Waals surface area contributed by atoms with Gasteiger partial charge >= 0.3 is 10.1 Å². The van der Waals surface area contributed by atoms with Crippen LogP contribution in [-0.4, -0.2) is 18.2 Å². The molecule has 0 spiro atoms. The summed E-state index contributed by atoms with van der Waals surface area (Å²) in [6, 6.07) is 16.4. The molecule has 0 unspecified atom stereocenters. The van der Waals surface area contributed by atoms with Gasteiger partial charge in [-0.25, -0.2) is 0 Å². The number of rotatable bonds is 4. The maximum atomic E-state index is 12.7. The van der Waals surface area contributed by atoms with E-state index in [1.54, 1.807) is 32.2 Å². The van der Waals surface area contributed by atoms with Gasteiger partial charge in [-0.05, 0) is 18.6 Å². The van der Waals surface area contributed by atoms with Crippen LogP contribution < -0.4 is 4.18 Å². The molecule has 1 aromatic heterocycles. The smallest absolute Gasteiger partial charge is 0.344 e. The lowest BCUT2D eigenvalue weighted by molar-refractivity contribution is 0.486. The first kappa shape index (κ1) is 16.5. The van der Waals surface area contributed by atoms with Gasteiger partial charge in [-0.15, -0.1) is 0 Å². The molecule has 0 aliphatic rings. The number of halogens is 1. The van der Waals surface area contributed by atoms with Crippen LogP contribution in [0.15, 0.2) is 59.5 Å². The molecule has 0 fully saturated rings. The van der Waals surface area contributed by atoms with Gasteiger partial charge in [0.15, 0.2) is 10.6 Å². The third kappa shape index (κ3) is 3.02. The molecule has 124 valence electrons. The molecule has 0 atom stereocenters. The maximum absolute atomic E-state index is 12.7. The highest BCUT2D eigenvalue weighted by Crippen LogP contribution is 2.33. The van der Waals surface area contributed by atoms with Crippen molar-refractivity contribution in [3.05, 3.63) is 65.4 Å². The highest BCUT2D eigenvalue weighted by Gasteiger charge is 2.28. The van der Waals surface area contributed by atoms with E-state index >= 15 is 0 Å². The summed E-state index contributed by atoms with van der Waals surface area (Å²) in [5, 5.41) is 4.04. The normalized spacial score (nSPS) is 11.5. The zero-order valence-corrected chi connectivity index (χ0v) is 14.7. The molecule has 24 heavy (non-hydrogen) atoms. The quantitative estimate of drug-likeness (QED) is 0.662. The second kappa shape index (κ2) is 6.30. The first-order valence-corrected chi connectivity index (χ1v) is 8.97. The van der Waals surface area contributed by atoms with Gasteiger partial charge < -0.3 is 4.18 Å². The lowest BCUT2D eigenvalue weighted by atomic mass is 10.1. The SMILES string of the molecule is Cc1nn(C)c(Cl)c1S(=O)(=O)Oc1ccccc1-c1ccccc1. The predicted molar refractivity (Wildman–Crippen MR) is 92.6 cm³/mol. The number of para-hydroxylation sites is 1.